The maximum atomic E-state index is 12.3. The van der Waals surface area contributed by atoms with Crippen molar-refractivity contribution in [2.75, 3.05) is 0 Å². The van der Waals surface area contributed by atoms with Crippen LogP contribution in [-0.4, -0.2) is 18.7 Å². The molecule has 0 saturated carbocycles. The molecule has 2 aromatic heterocycles. The van der Waals surface area contributed by atoms with Crippen LogP contribution in [0, 0.1) is 11.3 Å². The van der Waals surface area contributed by atoms with E-state index < -0.39 is 5.69 Å². The highest BCUT2D eigenvalue weighted by Gasteiger charge is 2.14. The molecule has 2 heterocycles. The van der Waals surface area contributed by atoms with Crippen molar-refractivity contribution in [2.45, 2.75) is 6.54 Å². The van der Waals surface area contributed by atoms with Crippen LogP contribution in [-0.2, 0) is 20.6 Å². The van der Waals surface area contributed by atoms with Crippen molar-refractivity contribution in [3.8, 4) is 6.07 Å². The first-order valence-corrected chi connectivity index (χ1v) is 6.63. The van der Waals surface area contributed by atoms with Crippen molar-refractivity contribution < 1.29 is 0 Å². The van der Waals surface area contributed by atoms with Gasteiger partial charge in [0.1, 0.15) is 0 Å². The van der Waals surface area contributed by atoms with Gasteiger partial charge in [-0.3, -0.25) is 13.9 Å². The number of nitriles is 1. The maximum Gasteiger partial charge on any atom is 0.332 e. The summed E-state index contributed by atoms with van der Waals surface area (Å²) in [6.45, 7) is 0.440. The lowest BCUT2D eigenvalue weighted by Crippen LogP contribution is -2.37. The normalized spacial score (nSPS) is 10.8. The van der Waals surface area contributed by atoms with Crippen LogP contribution in [0.3, 0.4) is 0 Å². The van der Waals surface area contributed by atoms with E-state index >= 15 is 0 Å². The quantitative estimate of drug-likeness (QED) is 0.683. The van der Waals surface area contributed by atoms with Gasteiger partial charge in [-0.1, -0.05) is 12.1 Å². The number of rotatable bonds is 2. The maximum absolute atomic E-state index is 12.3. The van der Waals surface area contributed by atoms with Crippen molar-refractivity contribution in [1.29, 1.82) is 5.26 Å². The van der Waals surface area contributed by atoms with Gasteiger partial charge >= 0.3 is 5.69 Å². The summed E-state index contributed by atoms with van der Waals surface area (Å²) in [5.74, 6) is 0. The molecule has 7 heteroatoms. The Morgan fingerprint density at radius 2 is 1.82 bits per heavy atom. The summed E-state index contributed by atoms with van der Waals surface area (Å²) in [5.41, 5.74) is 1.49. The minimum atomic E-state index is -0.402. The molecular formula is C15H13N5O2. The average Bonchev–Trinajstić information content (AvgIpc) is 2.95. The third-order valence-corrected chi connectivity index (χ3v) is 3.65. The highest BCUT2D eigenvalue weighted by Crippen LogP contribution is 2.10. The van der Waals surface area contributed by atoms with E-state index in [0.717, 1.165) is 10.1 Å². The van der Waals surface area contributed by atoms with Gasteiger partial charge in [0, 0.05) is 20.6 Å². The lowest BCUT2D eigenvalue weighted by molar-refractivity contribution is 0.702. The number of imidazole rings is 1. The van der Waals surface area contributed by atoms with E-state index in [-0.39, 0.29) is 5.56 Å². The summed E-state index contributed by atoms with van der Waals surface area (Å²) in [5, 5.41) is 8.81. The zero-order chi connectivity index (χ0) is 15.9. The van der Waals surface area contributed by atoms with Crippen molar-refractivity contribution in [3.63, 3.8) is 0 Å². The first-order chi connectivity index (χ1) is 10.5. The van der Waals surface area contributed by atoms with E-state index in [0.29, 0.717) is 23.3 Å². The Morgan fingerprint density at radius 1 is 1.14 bits per heavy atom. The second-order valence-corrected chi connectivity index (χ2v) is 5.06. The monoisotopic (exact) mass is 295 g/mol. The van der Waals surface area contributed by atoms with Crippen molar-refractivity contribution in [3.05, 3.63) is 62.6 Å². The third kappa shape index (κ3) is 2.02. The molecule has 0 amide bonds. The van der Waals surface area contributed by atoms with Crippen molar-refractivity contribution >= 4 is 11.2 Å². The van der Waals surface area contributed by atoms with Gasteiger partial charge in [-0.25, -0.2) is 9.78 Å². The Balaban J connectivity index is 2.14. The first-order valence-electron chi connectivity index (χ1n) is 6.63. The molecule has 3 aromatic rings. The van der Waals surface area contributed by atoms with Gasteiger partial charge in [0.25, 0.3) is 5.56 Å². The highest BCUT2D eigenvalue weighted by molar-refractivity contribution is 5.70. The number of hydrogen-bond acceptors (Lipinski definition) is 4. The molecular weight excluding hydrogens is 282 g/mol. The van der Waals surface area contributed by atoms with E-state index in [4.69, 9.17) is 5.26 Å². The average molecular weight is 295 g/mol. The van der Waals surface area contributed by atoms with Crippen LogP contribution < -0.4 is 11.2 Å². The van der Waals surface area contributed by atoms with Gasteiger partial charge in [-0.2, -0.15) is 5.26 Å². The van der Waals surface area contributed by atoms with Crippen LogP contribution in [0.4, 0.5) is 0 Å². The molecule has 0 fully saturated rings. The molecule has 7 nitrogen and oxygen atoms in total. The summed E-state index contributed by atoms with van der Waals surface area (Å²) in [4.78, 5) is 28.4. The number of benzene rings is 1. The van der Waals surface area contributed by atoms with Crippen molar-refractivity contribution in [2.24, 2.45) is 14.1 Å². The van der Waals surface area contributed by atoms with E-state index in [2.05, 4.69) is 11.1 Å². The van der Waals surface area contributed by atoms with Gasteiger partial charge in [0.2, 0.25) is 0 Å². The van der Waals surface area contributed by atoms with E-state index in [1.54, 1.807) is 30.1 Å². The molecule has 0 bridgehead atoms. The molecule has 0 aliphatic carbocycles. The molecule has 3 rings (SSSR count). The number of nitrogens with zero attached hydrogens (tertiary/aromatic N) is 5. The predicted octanol–water partition coefficient (Wildman–Crippen LogP) is 0.354. The van der Waals surface area contributed by atoms with Crippen LogP contribution >= 0.6 is 0 Å². The largest absolute Gasteiger partial charge is 0.332 e. The highest BCUT2D eigenvalue weighted by atomic mass is 16.2. The third-order valence-electron chi connectivity index (χ3n) is 3.65. The fraction of sp³-hybridized carbons (Fsp3) is 0.200. The molecule has 0 saturated heterocycles. The Labute approximate surface area is 125 Å². The standard InChI is InChI=1S/C15H13N5O2/c1-18-13-12(14(21)19(2)15(18)22)20(9-17-13)8-11-5-3-10(7-16)4-6-11/h3-6,9H,8H2,1-2H3. The molecule has 0 aliphatic heterocycles. The topological polar surface area (TPSA) is 85.6 Å². The van der Waals surface area contributed by atoms with E-state index in [1.165, 1.54) is 11.6 Å². The predicted molar refractivity (Wildman–Crippen MR) is 80.5 cm³/mol. The molecule has 0 spiro atoms. The number of hydrogen-bond donors (Lipinski definition) is 0. The first kappa shape index (κ1) is 13.8. The minimum Gasteiger partial charge on any atom is -0.320 e. The van der Waals surface area contributed by atoms with Gasteiger partial charge in [0.15, 0.2) is 11.2 Å². The van der Waals surface area contributed by atoms with Crippen LogP contribution in [0.2, 0.25) is 0 Å². The number of aryl methyl sites for hydroxylation is 1. The minimum absolute atomic E-state index is 0.363. The Hall–Kier alpha value is -3.14. The summed E-state index contributed by atoms with van der Waals surface area (Å²) < 4.78 is 4.13. The summed E-state index contributed by atoms with van der Waals surface area (Å²) in [7, 11) is 3.03. The van der Waals surface area contributed by atoms with E-state index in [9.17, 15) is 9.59 Å². The van der Waals surface area contributed by atoms with Gasteiger partial charge in [-0.15, -0.1) is 0 Å². The molecule has 0 aliphatic rings. The van der Waals surface area contributed by atoms with Gasteiger partial charge in [0.05, 0.1) is 18.0 Å². The summed E-state index contributed by atoms with van der Waals surface area (Å²) in [6.07, 6.45) is 1.55. The zero-order valence-electron chi connectivity index (χ0n) is 12.1. The molecule has 0 atom stereocenters. The summed E-state index contributed by atoms with van der Waals surface area (Å²) in [6, 6.07) is 9.17. The van der Waals surface area contributed by atoms with Crippen LogP contribution in [0.5, 0.6) is 0 Å². The van der Waals surface area contributed by atoms with Crippen LogP contribution in [0.25, 0.3) is 11.2 Å². The molecule has 0 unspecified atom stereocenters. The smallest absolute Gasteiger partial charge is 0.320 e. The molecule has 0 N–H and O–H groups in total. The lowest BCUT2D eigenvalue weighted by Gasteiger charge is -2.07. The fourth-order valence-corrected chi connectivity index (χ4v) is 2.40. The Bertz CT molecular complexity index is 1020. The van der Waals surface area contributed by atoms with E-state index in [1.807, 2.05) is 12.1 Å². The zero-order valence-corrected chi connectivity index (χ0v) is 12.1. The van der Waals surface area contributed by atoms with Crippen LogP contribution in [0.15, 0.2) is 40.2 Å². The Kier molecular flexibility index (Phi) is 3.14. The second-order valence-electron chi connectivity index (χ2n) is 5.06. The molecule has 0 radical (unpaired) electrons. The van der Waals surface area contributed by atoms with Crippen LogP contribution in [0.1, 0.15) is 11.1 Å². The molecule has 110 valence electrons. The Morgan fingerprint density at radius 3 is 2.45 bits per heavy atom. The number of fused-ring (bicyclic) bond motifs is 1. The molecule has 22 heavy (non-hydrogen) atoms. The second kappa shape index (κ2) is 5.00. The van der Waals surface area contributed by atoms with Gasteiger partial charge in [-0.05, 0) is 17.7 Å². The fourth-order valence-electron chi connectivity index (χ4n) is 2.40. The van der Waals surface area contributed by atoms with Crippen molar-refractivity contribution in [1.82, 2.24) is 18.7 Å². The van der Waals surface area contributed by atoms with Gasteiger partial charge < -0.3 is 4.57 Å². The number of aromatic nitrogens is 4. The lowest BCUT2D eigenvalue weighted by atomic mass is 10.1. The SMILES string of the molecule is Cn1c(=O)c2c(ncn2Cc2ccc(C#N)cc2)n(C)c1=O. The summed E-state index contributed by atoms with van der Waals surface area (Å²) >= 11 is 0. The molecule has 1 aromatic carbocycles.